The molecule has 0 unspecified atom stereocenters. The van der Waals surface area contributed by atoms with Crippen LogP contribution >= 0.6 is 11.6 Å². The van der Waals surface area contributed by atoms with E-state index in [0.717, 1.165) is 24.2 Å². The van der Waals surface area contributed by atoms with Crippen LogP contribution in [-0.4, -0.2) is 17.5 Å². The fraction of sp³-hybridized carbons (Fsp3) is 0.435. The van der Waals surface area contributed by atoms with Crippen molar-refractivity contribution in [3.63, 3.8) is 0 Å². The topological polar surface area (TPSA) is 32.3 Å². The molecule has 2 aromatic carbocycles. The van der Waals surface area contributed by atoms with E-state index in [4.69, 9.17) is 11.6 Å². The Morgan fingerprint density at radius 3 is 2.19 bits per heavy atom. The van der Waals surface area contributed by atoms with E-state index in [0.29, 0.717) is 11.6 Å². The maximum Gasteiger partial charge on any atom is 0.322 e. The highest BCUT2D eigenvalue weighted by molar-refractivity contribution is 6.30. The zero-order valence-corrected chi connectivity index (χ0v) is 17.0. The molecule has 0 spiro atoms. The van der Waals surface area contributed by atoms with Gasteiger partial charge in [0.15, 0.2) is 0 Å². The van der Waals surface area contributed by atoms with E-state index < -0.39 is 0 Å². The first kappa shape index (κ1) is 21.3. The maximum absolute atomic E-state index is 12.8. The van der Waals surface area contributed by atoms with Crippen molar-refractivity contribution in [3.05, 3.63) is 65.2 Å². The van der Waals surface area contributed by atoms with Crippen LogP contribution in [0.5, 0.6) is 0 Å². The summed E-state index contributed by atoms with van der Waals surface area (Å²) < 4.78 is 0. The number of hydrogen-bond donors (Lipinski definition) is 1. The van der Waals surface area contributed by atoms with Crippen LogP contribution in [0.4, 0.5) is 10.5 Å². The number of urea groups is 1. The van der Waals surface area contributed by atoms with Crippen LogP contribution in [0.15, 0.2) is 54.6 Å². The van der Waals surface area contributed by atoms with Crippen LogP contribution in [0.1, 0.15) is 57.4 Å². The molecule has 0 atom stereocenters. The van der Waals surface area contributed by atoms with Gasteiger partial charge in [0, 0.05) is 23.8 Å². The van der Waals surface area contributed by atoms with Gasteiger partial charge < -0.3 is 10.2 Å². The number of nitrogens with one attached hydrogen (secondary N) is 1. The van der Waals surface area contributed by atoms with Gasteiger partial charge in [-0.15, -0.1) is 0 Å². The average molecular weight is 387 g/mol. The molecular weight excluding hydrogens is 356 g/mol. The molecular formula is C23H31ClN2O. The third-order valence-corrected chi connectivity index (χ3v) is 4.88. The van der Waals surface area contributed by atoms with Gasteiger partial charge in [0.1, 0.15) is 0 Å². The van der Waals surface area contributed by atoms with Gasteiger partial charge in [0.25, 0.3) is 0 Å². The molecule has 3 nitrogen and oxygen atoms in total. The van der Waals surface area contributed by atoms with E-state index in [1.165, 1.54) is 38.5 Å². The summed E-state index contributed by atoms with van der Waals surface area (Å²) in [7, 11) is 0. The first-order valence-electron chi connectivity index (χ1n) is 10.0. The summed E-state index contributed by atoms with van der Waals surface area (Å²) in [6.45, 7) is 3.62. The fourth-order valence-electron chi connectivity index (χ4n) is 3.05. The van der Waals surface area contributed by atoms with Crippen LogP contribution in [0.25, 0.3) is 0 Å². The molecule has 0 aromatic heterocycles. The maximum atomic E-state index is 12.8. The van der Waals surface area contributed by atoms with Crippen molar-refractivity contribution < 1.29 is 4.79 Å². The second kappa shape index (κ2) is 12.4. The van der Waals surface area contributed by atoms with Gasteiger partial charge in [-0.1, -0.05) is 87.4 Å². The molecule has 0 radical (unpaired) electrons. The summed E-state index contributed by atoms with van der Waals surface area (Å²) in [5.74, 6) is 0. The number of unbranched alkanes of at least 4 members (excludes halogenated alkanes) is 6. The summed E-state index contributed by atoms with van der Waals surface area (Å²) in [4.78, 5) is 14.7. The monoisotopic (exact) mass is 386 g/mol. The van der Waals surface area contributed by atoms with Gasteiger partial charge in [-0.05, 0) is 36.2 Å². The summed E-state index contributed by atoms with van der Waals surface area (Å²) in [6.07, 6.45) is 8.67. The Bertz CT molecular complexity index is 658. The molecule has 0 aliphatic heterocycles. The summed E-state index contributed by atoms with van der Waals surface area (Å²) in [6, 6.07) is 17.3. The number of nitrogens with zero attached hydrogens (tertiary/aromatic N) is 1. The number of benzene rings is 2. The molecule has 0 bridgehead atoms. The van der Waals surface area contributed by atoms with Crippen LogP contribution < -0.4 is 5.32 Å². The van der Waals surface area contributed by atoms with E-state index in [9.17, 15) is 4.79 Å². The van der Waals surface area contributed by atoms with Crippen LogP contribution in [0, 0.1) is 0 Å². The van der Waals surface area contributed by atoms with E-state index in [1.54, 1.807) is 12.1 Å². The smallest absolute Gasteiger partial charge is 0.320 e. The number of rotatable bonds is 11. The Morgan fingerprint density at radius 1 is 0.889 bits per heavy atom. The molecule has 2 rings (SSSR count). The first-order chi connectivity index (χ1) is 13.2. The first-order valence-corrected chi connectivity index (χ1v) is 10.4. The van der Waals surface area contributed by atoms with Gasteiger partial charge in [0.2, 0.25) is 0 Å². The Balaban J connectivity index is 1.88. The van der Waals surface area contributed by atoms with Crippen molar-refractivity contribution in [3.8, 4) is 0 Å². The molecule has 0 heterocycles. The molecule has 2 aromatic rings. The lowest BCUT2D eigenvalue weighted by Gasteiger charge is -2.23. The molecule has 1 N–H and O–H groups in total. The lowest BCUT2D eigenvalue weighted by atomic mass is 10.1. The molecule has 0 fully saturated rings. The number of amides is 2. The zero-order valence-electron chi connectivity index (χ0n) is 16.3. The Hall–Kier alpha value is -2.00. The Morgan fingerprint density at radius 2 is 1.52 bits per heavy atom. The average Bonchev–Trinajstić information content (AvgIpc) is 2.69. The third kappa shape index (κ3) is 8.49. The Kier molecular flexibility index (Phi) is 9.78. The molecule has 0 aliphatic carbocycles. The van der Waals surface area contributed by atoms with Gasteiger partial charge in [0.05, 0.1) is 0 Å². The lowest BCUT2D eigenvalue weighted by molar-refractivity contribution is 0.207. The van der Waals surface area contributed by atoms with Gasteiger partial charge >= 0.3 is 6.03 Å². The molecule has 0 aliphatic rings. The van der Waals surface area contributed by atoms with E-state index >= 15 is 0 Å². The van der Waals surface area contributed by atoms with Crippen molar-refractivity contribution in [2.24, 2.45) is 0 Å². The van der Waals surface area contributed by atoms with Crippen LogP contribution in [0.2, 0.25) is 5.02 Å². The highest BCUT2D eigenvalue weighted by Gasteiger charge is 2.14. The van der Waals surface area contributed by atoms with Gasteiger partial charge in [-0.2, -0.15) is 0 Å². The zero-order chi connectivity index (χ0) is 19.3. The normalized spacial score (nSPS) is 10.6. The minimum atomic E-state index is -0.0628. The van der Waals surface area contributed by atoms with Crippen LogP contribution in [0.3, 0.4) is 0 Å². The second-order valence-corrected chi connectivity index (χ2v) is 7.40. The minimum Gasteiger partial charge on any atom is -0.320 e. The molecule has 27 heavy (non-hydrogen) atoms. The van der Waals surface area contributed by atoms with E-state index in [-0.39, 0.29) is 6.03 Å². The number of carbonyl (C=O) groups excluding carboxylic acids is 1. The molecule has 0 saturated carbocycles. The highest BCUT2D eigenvalue weighted by atomic mass is 35.5. The summed E-state index contributed by atoms with van der Waals surface area (Å²) in [5, 5.41) is 3.65. The lowest BCUT2D eigenvalue weighted by Crippen LogP contribution is -2.35. The van der Waals surface area contributed by atoms with Crippen molar-refractivity contribution in [1.29, 1.82) is 0 Å². The largest absolute Gasteiger partial charge is 0.322 e. The predicted octanol–water partition coefficient (Wildman–Crippen LogP) is 7.12. The number of anilines is 1. The summed E-state index contributed by atoms with van der Waals surface area (Å²) >= 11 is 5.92. The fourth-order valence-corrected chi connectivity index (χ4v) is 3.18. The van der Waals surface area contributed by atoms with Gasteiger partial charge in [-0.3, -0.25) is 0 Å². The molecule has 4 heteroatoms. The second-order valence-electron chi connectivity index (χ2n) is 6.97. The minimum absolute atomic E-state index is 0.0628. The SMILES string of the molecule is CCCCCCCCCN(Cc1ccccc1)C(=O)Nc1ccc(Cl)cc1. The standard InChI is InChI=1S/C23H31ClN2O/c1-2-3-4-5-6-7-11-18-26(19-20-12-9-8-10-13-20)23(27)25-22-16-14-21(24)15-17-22/h8-10,12-17H,2-7,11,18-19H2,1H3,(H,25,27). The Labute approximate surface area is 168 Å². The van der Waals surface area contributed by atoms with Crippen molar-refractivity contribution in [2.45, 2.75) is 58.4 Å². The summed E-state index contributed by atoms with van der Waals surface area (Å²) in [5.41, 5.74) is 1.91. The quantitative estimate of drug-likeness (QED) is 0.409. The van der Waals surface area contributed by atoms with Crippen molar-refractivity contribution >= 4 is 23.3 Å². The molecule has 146 valence electrons. The molecule has 2 amide bonds. The predicted molar refractivity (Wildman–Crippen MR) is 115 cm³/mol. The van der Waals surface area contributed by atoms with E-state index in [2.05, 4.69) is 24.4 Å². The van der Waals surface area contributed by atoms with E-state index in [1.807, 2.05) is 35.2 Å². The molecule has 0 saturated heterocycles. The third-order valence-electron chi connectivity index (χ3n) is 4.63. The van der Waals surface area contributed by atoms with Crippen molar-refractivity contribution in [1.82, 2.24) is 4.90 Å². The highest BCUT2D eigenvalue weighted by Crippen LogP contribution is 2.15. The number of halogens is 1. The van der Waals surface area contributed by atoms with Gasteiger partial charge in [-0.25, -0.2) is 4.79 Å². The number of carbonyl (C=O) groups is 1. The van der Waals surface area contributed by atoms with Crippen LogP contribution in [-0.2, 0) is 6.54 Å². The number of hydrogen-bond acceptors (Lipinski definition) is 1. The van der Waals surface area contributed by atoms with Crippen molar-refractivity contribution in [2.75, 3.05) is 11.9 Å².